The van der Waals surface area contributed by atoms with Gasteiger partial charge in [-0.05, 0) is 47.9 Å². The van der Waals surface area contributed by atoms with Crippen LogP contribution in [0.1, 0.15) is 11.1 Å². The van der Waals surface area contributed by atoms with Gasteiger partial charge < -0.3 is 99.5 Å². The van der Waals surface area contributed by atoms with Crippen LogP contribution in [0.4, 0.5) is 0 Å². The van der Waals surface area contributed by atoms with Crippen LogP contribution in [0.15, 0.2) is 42.5 Å². The van der Waals surface area contributed by atoms with E-state index in [1.54, 1.807) is 0 Å². The highest BCUT2D eigenvalue weighted by atomic mass is 16.8. The molecule has 0 aliphatic carbocycles. The quantitative estimate of drug-likeness (QED) is 0.0489. The van der Waals surface area contributed by atoms with Crippen molar-refractivity contribution in [1.82, 2.24) is 0 Å². The molecule has 0 amide bonds. The summed E-state index contributed by atoms with van der Waals surface area (Å²) in [4.78, 5) is 13.3. The van der Waals surface area contributed by atoms with E-state index < -0.39 is 135 Å². The van der Waals surface area contributed by atoms with E-state index in [0.717, 1.165) is 18.2 Å². The van der Waals surface area contributed by atoms with Gasteiger partial charge in [-0.15, -0.1) is 0 Å². The van der Waals surface area contributed by atoms with Crippen molar-refractivity contribution in [1.29, 1.82) is 0 Å². The van der Waals surface area contributed by atoms with Crippen molar-refractivity contribution in [2.24, 2.45) is 0 Å². The van der Waals surface area contributed by atoms with E-state index >= 15 is 0 Å². The number of ether oxygens (including phenoxy) is 7. The van der Waals surface area contributed by atoms with E-state index in [1.165, 1.54) is 30.3 Å². The van der Waals surface area contributed by atoms with Gasteiger partial charge in [-0.25, -0.2) is 4.79 Å². The molecule has 21 nitrogen and oxygen atoms in total. The molecule has 2 aromatic carbocycles. The van der Waals surface area contributed by atoms with E-state index in [4.69, 9.17) is 33.2 Å². The van der Waals surface area contributed by atoms with Crippen molar-refractivity contribution in [3.63, 3.8) is 0 Å². The largest absolute Gasteiger partial charge is 0.504 e. The number of aliphatic hydroxyl groups excluding tert-OH is 9. The van der Waals surface area contributed by atoms with Crippen molar-refractivity contribution in [2.45, 2.75) is 98.5 Å². The number of hydrogen-bond acceptors (Lipinski definition) is 21. The number of aliphatic hydroxyl groups is 9. The molecule has 3 aliphatic heterocycles. The second kappa shape index (κ2) is 19.1. The molecule has 0 spiro atoms. The van der Waals surface area contributed by atoms with Crippen LogP contribution in [0.3, 0.4) is 0 Å². The normalized spacial score (nSPS) is 36.4. The monoisotopic (exact) mass is 802 g/mol. The number of phenolic OH excluding ortho intramolecular Hbond substituents is 4. The lowest BCUT2D eigenvalue weighted by molar-refractivity contribution is -0.391. The Labute approximate surface area is 317 Å². The zero-order valence-corrected chi connectivity index (χ0v) is 29.4. The summed E-state index contributed by atoms with van der Waals surface area (Å²) in [5, 5.41) is 133. The van der Waals surface area contributed by atoms with Gasteiger partial charge in [0, 0.05) is 6.08 Å². The second-order valence-electron chi connectivity index (χ2n) is 13.2. The molecule has 3 aliphatic rings. The van der Waals surface area contributed by atoms with E-state index in [0.29, 0.717) is 5.56 Å². The van der Waals surface area contributed by atoms with Crippen molar-refractivity contribution in [3.05, 3.63) is 53.6 Å². The molecule has 15 atom stereocenters. The molecular formula is C35H46O21. The number of rotatable bonds is 14. The molecule has 3 heterocycles. The Morgan fingerprint density at radius 2 is 1.11 bits per heavy atom. The molecule has 21 heteroatoms. The lowest BCUT2D eigenvalue weighted by Crippen LogP contribution is -2.67. The molecular weight excluding hydrogens is 756 g/mol. The first kappa shape index (κ1) is 43.4. The topological polar surface area (TPSA) is 345 Å². The highest BCUT2D eigenvalue weighted by molar-refractivity contribution is 5.87. The Hall–Kier alpha value is -3.75. The van der Waals surface area contributed by atoms with Gasteiger partial charge in [-0.2, -0.15) is 0 Å². The van der Waals surface area contributed by atoms with Gasteiger partial charge in [-0.1, -0.05) is 12.1 Å². The van der Waals surface area contributed by atoms with E-state index in [-0.39, 0.29) is 24.3 Å². The molecule has 13 N–H and O–H groups in total. The third-order valence-electron chi connectivity index (χ3n) is 9.43. The minimum Gasteiger partial charge on any atom is -0.504 e. The molecule has 3 saturated heterocycles. The molecule has 5 rings (SSSR count). The summed E-state index contributed by atoms with van der Waals surface area (Å²) in [6.07, 6.45) is -24.8. The highest BCUT2D eigenvalue weighted by Gasteiger charge is 2.56. The van der Waals surface area contributed by atoms with E-state index in [1.807, 2.05) is 0 Å². The predicted molar refractivity (Wildman–Crippen MR) is 181 cm³/mol. The Balaban J connectivity index is 1.51. The summed E-state index contributed by atoms with van der Waals surface area (Å²) in [5.74, 6) is -2.84. The zero-order chi connectivity index (χ0) is 40.8. The standard InChI is InChI=1S/C35H46O21/c36-11-20-24(44)26(46)28(48)33(51-20)55-31-30(54-23(43)6-3-14-1-4-16(39)18(41)9-14)22(13-38)53-35(50-8-7-15-2-5-17(40)19(42)10-15)32(31)56-34-29(49)27(47)25(45)21(12-37)52-34/h1-6,9-10,20-22,24-42,44-49H,7-8,11-13H2. The summed E-state index contributed by atoms with van der Waals surface area (Å²) in [7, 11) is 0. The lowest BCUT2D eigenvalue weighted by Gasteiger charge is -2.49. The third kappa shape index (κ3) is 9.85. The molecule has 0 aromatic heterocycles. The van der Waals surface area contributed by atoms with Crippen LogP contribution in [0.25, 0.3) is 6.08 Å². The fraction of sp³-hybridized carbons (Fsp3) is 0.571. The van der Waals surface area contributed by atoms with Crippen molar-refractivity contribution < 1.29 is 104 Å². The Bertz CT molecular complexity index is 1620. The smallest absolute Gasteiger partial charge is 0.331 e. The number of phenols is 4. The lowest BCUT2D eigenvalue weighted by atomic mass is 9.95. The van der Waals surface area contributed by atoms with Crippen LogP contribution in [-0.2, 0) is 44.4 Å². The molecule has 0 bridgehead atoms. The van der Waals surface area contributed by atoms with Crippen molar-refractivity contribution >= 4 is 12.0 Å². The molecule has 15 unspecified atom stereocenters. The summed E-state index contributed by atoms with van der Waals surface area (Å²) >= 11 is 0. The van der Waals surface area contributed by atoms with Crippen molar-refractivity contribution in [3.8, 4) is 23.0 Å². The molecule has 2 aromatic rings. The molecule has 3 fully saturated rings. The van der Waals surface area contributed by atoms with Gasteiger partial charge >= 0.3 is 5.97 Å². The van der Waals surface area contributed by atoms with Crippen LogP contribution in [0.2, 0.25) is 0 Å². The molecule has 312 valence electrons. The van der Waals surface area contributed by atoms with E-state index in [9.17, 15) is 71.2 Å². The number of aromatic hydroxyl groups is 4. The number of esters is 1. The Morgan fingerprint density at radius 3 is 1.64 bits per heavy atom. The first-order chi connectivity index (χ1) is 26.7. The molecule has 0 saturated carbocycles. The first-order valence-corrected chi connectivity index (χ1v) is 17.4. The van der Waals surface area contributed by atoms with Gasteiger partial charge in [0.15, 0.2) is 48.0 Å². The van der Waals surface area contributed by atoms with Gasteiger partial charge in [0.05, 0.1) is 26.4 Å². The van der Waals surface area contributed by atoms with Crippen LogP contribution in [0.5, 0.6) is 23.0 Å². The maximum Gasteiger partial charge on any atom is 0.331 e. The number of carbonyl (C=O) groups excluding carboxylic acids is 1. The maximum atomic E-state index is 13.3. The van der Waals surface area contributed by atoms with Gasteiger partial charge in [-0.3, -0.25) is 0 Å². The molecule has 0 radical (unpaired) electrons. The van der Waals surface area contributed by atoms with Gasteiger partial charge in [0.2, 0.25) is 0 Å². The average Bonchev–Trinajstić information content (AvgIpc) is 3.18. The van der Waals surface area contributed by atoms with Crippen molar-refractivity contribution in [2.75, 3.05) is 26.4 Å². The molecule has 56 heavy (non-hydrogen) atoms. The highest BCUT2D eigenvalue weighted by Crippen LogP contribution is 2.36. The van der Waals surface area contributed by atoms with Crippen LogP contribution in [-0.4, -0.2) is 191 Å². The first-order valence-electron chi connectivity index (χ1n) is 17.4. The maximum absolute atomic E-state index is 13.3. The Kier molecular flexibility index (Phi) is 14.8. The van der Waals surface area contributed by atoms with Crippen LogP contribution >= 0.6 is 0 Å². The number of carbonyl (C=O) groups is 1. The fourth-order valence-corrected chi connectivity index (χ4v) is 6.27. The van der Waals surface area contributed by atoms with Gasteiger partial charge in [0.1, 0.15) is 67.1 Å². The Morgan fingerprint density at radius 1 is 0.589 bits per heavy atom. The minimum absolute atomic E-state index is 0.0541. The fourth-order valence-electron chi connectivity index (χ4n) is 6.27. The summed E-state index contributed by atoms with van der Waals surface area (Å²) in [5.41, 5.74) is 0.708. The second-order valence-corrected chi connectivity index (χ2v) is 13.2. The summed E-state index contributed by atoms with van der Waals surface area (Å²) in [6, 6.07) is 7.62. The average molecular weight is 803 g/mol. The van der Waals surface area contributed by atoms with Crippen LogP contribution < -0.4 is 0 Å². The number of benzene rings is 2. The van der Waals surface area contributed by atoms with E-state index in [2.05, 4.69) is 0 Å². The van der Waals surface area contributed by atoms with Gasteiger partial charge in [0.25, 0.3) is 0 Å². The number of hydrogen-bond donors (Lipinski definition) is 13. The van der Waals surface area contributed by atoms with Crippen LogP contribution in [0, 0.1) is 0 Å². The summed E-state index contributed by atoms with van der Waals surface area (Å²) in [6.45, 7) is -2.87. The zero-order valence-electron chi connectivity index (χ0n) is 29.4. The SMILES string of the molecule is O=C(C=Cc1ccc(O)c(O)c1)OC1C(CO)OC(OCCc2ccc(O)c(O)c2)C(OC2OC(CO)C(O)C(O)C2O)C1OC1OC(CO)C(O)C(O)C1O. The third-order valence-corrected chi connectivity index (χ3v) is 9.43. The predicted octanol–water partition coefficient (Wildman–Crippen LogP) is -4.22. The summed E-state index contributed by atoms with van der Waals surface area (Å²) < 4.78 is 40.8. The minimum atomic E-state index is -2.03.